The van der Waals surface area contributed by atoms with Crippen LogP contribution in [0.5, 0.6) is 11.5 Å². The summed E-state index contributed by atoms with van der Waals surface area (Å²) in [7, 11) is 3.18. The van der Waals surface area contributed by atoms with Crippen LogP contribution in [0.25, 0.3) is 27.5 Å². The van der Waals surface area contributed by atoms with E-state index >= 15 is 0 Å². The predicted octanol–water partition coefficient (Wildman–Crippen LogP) is 4.10. The van der Waals surface area contributed by atoms with Gasteiger partial charge in [-0.1, -0.05) is 0 Å². The van der Waals surface area contributed by atoms with Gasteiger partial charge < -0.3 is 14.0 Å². The molecule has 0 saturated heterocycles. The third-order valence-electron chi connectivity index (χ3n) is 4.36. The van der Waals surface area contributed by atoms with Crippen LogP contribution in [-0.4, -0.2) is 28.7 Å². The lowest BCUT2D eigenvalue weighted by Crippen LogP contribution is -1.96. The number of nitrogens with zero attached hydrogens (tertiary/aromatic N) is 3. The summed E-state index contributed by atoms with van der Waals surface area (Å²) in [6.07, 6.45) is 3.72. The minimum atomic E-state index is -0.409. The summed E-state index contributed by atoms with van der Waals surface area (Å²) in [5, 5.41) is 12.7. The molecule has 0 atom stereocenters. The second-order valence-corrected chi connectivity index (χ2v) is 5.75. The number of hydrogen-bond donors (Lipinski definition) is 0. The molecule has 2 aromatic carbocycles. The van der Waals surface area contributed by atoms with Crippen LogP contribution < -0.4 is 9.47 Å². The number of non-ortho nitro benzene ring substituents is 1. The molecule has 0 bridgehead atoms. The minimum absolute atomic E-state index is 0.0585. The molecule has 0 saturated carbocycles. The van der Waals surface area contributed by atoms with Crippen molar-refractivity contribution >= 4 is 27.5 Å². The Morgan fingerprint density at radius 3 is 2.38 bits per heavy atom. The highest BCUT2D eigenvalue weighted by atomic mass is 16.6. The summed E-state index contributed by atoms with van der Waals surface area (Å²) >= 11 is 0. The maximum absolute atomic E-state index is 10.9. The molecule has 7 heteroatoms. The van der Waals surface area contributed by atoms with Crippen molar-refractivity contribution in [3.8, 4) is 17.2 Å². The summed E-state index contributed by atoms with van der Waals surface area (Å²) in [5.41, 5.74) is 2.61. The molecule has 0 aliphatic rings. The average molecular weight is 349 g/mol. The molecule has 2 aromatic heterocycles. The fraction of sp³-hybridized carbons (Fsp3) is 0.105. The van der Waals surface area contributed by atoms with Gasteiger partial charge in [-0.05, 0) is 24.3 Å². The quantitative estimate of drug-likeness (QED) is 0.409. The number of hydrogen-bond acceptors (Lipinski definition) is 5. The van der Waals surface area contributed by atoms with Crippen LogP contribution in [-0.2, 0) is 0 Å². The van der Waals surface area contributed by atoms with Gasteiger partial charge in [0, 0.05) is 47.1 Å². The van der Waals surface area contributed by atoms with Gasteiger partial charge in [-0.3, -0.25) is 15.1 Å². The highest BCUT2D eigenvalue weighted by molar-refractivity contribution is 6.05. The van der Waals surface area contributed by atoms with Gasteiger partial charge in [-0.2, -0.15) is 0 Å². The van der Waals surface area contributed by atoms with Gasteiger partial charge in [0.2, 0.25) is 0 Å². The first kappa shape index (κ1) is 15.9. The molecule has 0 amide bonds. The lowest BCUT2D eigenvalue weighted by molar-refractivity contribution is -0.384. The van der Waals surface area contributed by atoms with Gasteiger partial charge in [0.1, 0.15) is 0 Å². The van der Waals surface area contributed by atoms with Crippen LogP contribution in [0.2, 0.25) is 0 Å². The van der Waals surface area contributed by atoms with Gasteiger partial charge in [0.15, 0.2) is 11.5 Å². The Hall–Kier alpha value is -3.61. The molecule has 0 aliphatic carbocycles. The first-order chi connectivity index (χ1) is 12.6. The van der Waals surface area contributed by atoms with E-state index in [1.54, 1.807) is 32.5 Å². The summed E-state index contributed by atoms with van der Waals surface area (Å²) < 4.78 is 12.8. The molecule has 0 aliphatic heterocycles. The second-order valence-electron chi connectivity index (χ2n) is 5.75. The molecule has 4 rings (SSSR count). The molecule has 2 heterocycles. The van der Waals surface area contributed by atoms with E-state index in [-0.39, 0.29) is 5.69 Å². The van der Waals surface area contributed by atoms with Gasteiger partial charge in [-0.25, -0.2) is 0 Å². The molecule has 4 aromatic rings. The Balaban J connectivity index is 1.98. The van der Waals surface area contributed by atoms with Crippen molar-refractivity contribution in [2.45, 2.75) is 0 Å². The maximum Gasteiger partial charge on any atom is 0.269 e. The van der Waals surface area contributed by atoms with E-state index in [9.17, 15) is 10.1 Å². The summed E-state index contributed by atoms with van der Waals surface area (Å²) in [5.74, 6) is 1.23. The first-order valence-corrected chi connectivity index (χ1v) is 7.89. The molecular formula is C19H15N3O4. The molecule has 0 unspecified atom stereocenters. The van der Waals surface area contributed by atoms with E-state index < -0.39 is 4.92 Å². The van der Waals surface area contributed by atoms with E-state index in [1.165, 1.54) is 12.1 Å². The number of nitro groups is 1. The second kappa shape index (κ2) is 6.03. The lowest BCUT2D eigenvalue weighted by Gasteiger charge is -2.11. The number of ether oxygens (including phenoxy) is 2. The van der Waals surface area contributed by atoms with E-state index in [2.05, 4.69) is 4.98 Å². The monoisotopic (exact) mass is 349 g/mol. The van der Waals surface area contributed by atoms with Crippen LogP contribution >= 0.6 is 0 Å². The topological polar surface area (TPSA) is 79.4 Å². The number of nitro benzene ring substituents is 1. The maximum atomic E-state index is 10.9. The fourth-order valence-corrected chi connectivity index (χ4v) is 3.09. The van der Waals surface area contributed by atoms with Crippen molar-refractivity contribution in [3.05, 3.63) is 65.0 Å². The molecule has 130 valence electrons. The Morgan fingerprint density at radius 2 is 1.73 bits per heavy atom. The number of fused-ring (bicyclic) bond motifs is 3. The van der Waals surface area contributed by atoms with E-state index in [1.807, 2.05) is 29.0 Å². The molecule has 0 spiro atoms. The molecule has 26 heavy (non-hydrogen) atoms. The number of aromatic nitrogens is 2. The highest BCUT2D eigenvalue weighted by Gasteiger charge is 2.14. The van der Waals surface area contributed by atoms with Crippen LogP contribution in [0.4, 0.5) is 5.69 Å². The Morgan fingerprint density at radius 1 is 1.04 bits per heavy atom. The van der Waals surface area contributed by atoms with Gasteiger partial charge in [-0.15, -0.1) is 0 Å². The molecule has 7 nitrogen and oxygen atoms in total. The standard InChI is InChI=1S/C19H15N3O4/c1-25-17-9-15-16(10-18(17)26-2)20-11-12-7-8-21(19(12)15)13-3-5-14(6-4-13)22(23)24/h3-11H,1-2H3. The Labute approximate surface area is 148 Å². The molecule has 0 fully saturated rings. The summed E-state index contributed by atoms with van der Waals surface area (Å²) in [4.78, 5) is 15.0. The minimum Gasteiger partial charge on any atom is -0.493 e. The van der Waals surface area contributed by atoms with Crippen molar-refractivity contribution in [3.63, 3.8) is 0 Å². The van der Waals surface area contributed by atoms with Crippen LogP contribution in [0.3, 0.4) is 0 Å². The van der Waals surface area contributed by atoms with Gasteiger partial charge in [0.25, 0.3) is 5.69 Å². The average Bonchev–Trinajstić information content (AvgIpc) is 3.11. The SMILES string of the molecule is COc1cc2ncc3ccn(-c4ccc([N+](=O)[O-])cc4)c3c2cc1OC. The van der Waals surface area contributed by atoms with Crippen LogP contribution in [0.15, 0.2) is 54.9 Å². The van der Waals surface area contributed by atoms with E-state index in [0.29, 0.717) is 11.5 Å². The highest BCUT2D eigenvalue weighted by Crippen LogP contribution is 2.35. The number of methoxy groups -OCH3 is 2. The number of pyridine rings is 1. The van der Waals surface area contributed by atoms with Crippen molar-refractivity contribution in [1.29, 1.82) is 0 Å². The molecule has 0 N–H and O–H groups in total. The van der Waals surface area contributed by atoms with Crippen molar-refractivity contribution in [2.24, 2.45) is 0 Å². The Kier molecular flexibility index (Phi) is 3.69. The van der Waals surface area contributed by atoms with Crippen LogP contribution in [0.1, 0.15) is 0 Å². The van der Waals surface area contributed by atoms with E-state index in [0.717, 1.165) is 27.5 Å². The van der Waals surface area contributed by atoms with Crippen molar-refractivity contribution < 1.29 is 14.4 Å². The summed E-state index contributed by atoms with van der Waals surface area (Å²) in [6, 6.07) is 12.1. The zero-order chi connectivity index (χ0) is 18.3. The van der Waals surface area contributed by atoms with Gasteiger partial charge >= 0.3 is 0 Å². The van der Waals surface area contributed by atoms with E-state index in [4.69, 9.17) is 9.47 Å². The largest absolute Gasteiger partial charge is 0.493 e. The van der Waals surface area contributed by atoms with Crippen molar-refractivity contribution in [1.82, 2.24) is 9.55 Å². The zero-order valence-corrected chi connectivity index (χ0v) is 14.2. The lowest BCUT2D eigenvalue weighted by atomic mass is 10.1. The third kappa shape index (κ3) is 2.41. The molecule has 0 radical (unpaired) electrons. The normalized spacial score (nSPS) is 11.0. The predicted molar refractivity (Wildman–Crippen MR) is 98.3 cm³/mol. The zero-order valence-electron chi connectivity index (χ0n) is 14.2. The first-order valence-electron chi connectivity index (χ1n) is 7.89. The van der Waals surface area contributed by atoms with Crippen molar-refractivity contribution in [2.75, 3.05) is 14.2 Å². The summed E-state index contributed by atoms with van der Waals surface area (Å²) in [6.45, 7) is 0. The number of benzene rings is 2. The smallest absolute Gasteiger partial charge is 0.269 e. The number of rotatable bonds is 4. The fourth-order valence-electron chi connectivity index (χ4n) is 3.09. The molecular weight excluding hydrogens is 334 g/mol. The Bertz CT molecular complexity index is 1130. The third-order valence-corrected chi connectivity index (χ3v) is 4.36. The van der Waals surface area contributed by atoms with Gasteiger partial charge in [0.05, 0.1) is 30.2 Å². The van der Waals surface area contributed by atoms with Crippen LogP contribution in [0, 0.1) is 10.1 Å².